The van der Waals surface area contributed by atoms with E-state index in [1.54, 1.807) is 30.3 Å². The number of hydroxylamine groups is 1. The van der Waals surface area contributed by atoms with Crippen LogP contribution in [0.4, 0.5) is 0 Å². The van der Waals surface area contributed by atoms with Crippen molar-refractivity contribution in [3.05, 3.63) is 30.3 Å². The lowest BCUT2D eigenvalue weighted by atomic mass is 10.3. The van der Waals surface area contributed by atoms with E-state index < -0.39 is 19.0 Å². The fourth-order valence-electron chi connectivity index (χ4n) is 1.04. The van der Waals surface area contributed by atoms with Crippen LogP contribution in [0, 0.1) is 0 Å². The van der Waals surface area contributed by atoms with Gasteiger partial charge in [-0.25, -0.2) is 9.36 Å². The van der Waals surface area contributed by atoms with Gasteiger partial charge in [-0.2, -0.15) is 5.48 Å². The summed E-state index contributed by atoms with van der Waals surface area (Å²) in [6.07, 6.45) is 0. The van der Waals surface area contributed by atoms with E-state index in [0.717, 1.165) is 0 Å². The molecule has 1 N–H and O–H groups in total. The number of carbonyl (C=O) groups excluding carboxylic acids is 1. The van der Waals surface area contributed by atoms with Gasteiger partial charge < -0.3 is 13.9 Å². The Labute approximate surface area is 109 Å². The highest BCUT2D eigenvalue weighted by Crippen LogP contribution is 2.53. The van der Waals surface area contributed by atoms with Crippen molar-refractivity contribution in [3.8, 4) is 5.75 Å². The molecule has 1 aromatic rings. The number of benzene rings is 1. The summed E-state index contributed by atoms with van der Waals surface area (Å²) in [7, 11) is 1.34. The number of hydrogen-bond acceptors (Lipinski definition) is 6. The molecular formula is C10H13ClNO5P. The molecule has 0 spiro atoms. The van der Waals surface area contributed by atoms with Crippen LogP contribution in [0.25, 0.3) is 0 Å². The van der Waals surface area contributed by atoms with Crippen LogP contribution in [-0.2, 0) is 18.7 Å². The number of hydrogen-bond donors (Lipinski definition) is 1. The molecule has 0 aliphatic rings. The van der Waals surface area contributed by atoms with Gasteiger partial charge in [-0.15, -0.1) is 0 Å². The summed E-state index contributed by atoms with van der Waals surface area (Å²) in [6, 6.07) is 7.36. The van der Waals surface area contributed by atoms with Crippen molar-refractivity contribution in [1.29, 1.82) is 0 Å². The quantitative estimate of drug-likeness (QED) is 0.641. The molecule has 0 saturated carbocycles. The molecule has 6 nitrogen and oxygen atoms in total. The Morgan fingerprint density at radius 3 is 2.56 bits per heavy atom. The first-order valence-corrected chi connectivity index (χ1v) is 7.45. The van der Waals surface area contributed by atoms with Crippen LogP contribution in [0.2, 0.25) is 0 Å². The zero-order valence-corrected chi connectivity index (χ0v) is 11.5. The average Bonchev–Trinajstić information content (AvgIpc) is 2.29. The van der Waals surface area contributed by atoms with Crippen molar-refractivity contribution < 1.29 is 23.2 Å². The van der Waals surface area contributed by atoms with Crippen LogP contribution < -0.4 is 10.0 Å². The van der Waals surface area contributed by atoms with Gasteiger partial charge in [-0.1, -0.05) is 18.2 Å². The minimum absolute atomic E-state index is 0.246. The predicted molar refractivity (Wildman–Crippen MR) is 66.2 cm³/mol. The topological polar surface area (TPSA) is 73.9 Å². The Morgan fingerprint density at radius 1 is 1.39 bits per heavy atom. The van der Waals surface area contributed by atoms with Crippen molar-refractivity contribution in [2.75, 3.05) is 7.11 Å². The molecule has 2 atom stereocenters. The molecule has 8 heteroatoms. The van der Waals surface area contributed by atoms with E-state index in [0.29, 0.717) is 0 Å². The molecular weight excluding hydrogens is 281 g/mol. The average molecular weight is 294 g/mol. The third-order valence-electron chi connectivity index (χ3n) is 1.80. The lowest BCUT2D eigenvalue weighted by Gasteiger charge is -2.15. The number of rotatable bonds is 6. The van der Waals surface area contributed by atoms with Crippen LogP contribution in [0.3, 0.4) is 0 Å². The SMILES string of the molecule is CON[C@@H](C)C(=O)OP(=O)(Cl)Oc1ccccc1. The van der Waals surface area contributed by atoms with E-state index in [1.165, 1.54) is 14.0 Å². The van der Waals surface area contributed by atoms with Gasteiger partial charge in [0.15, 0.2) is 0 Å². The molecule has 1 unspecified atom stereocenters. The summed E-state index contributed by atoms with van der Waals surface area (Å²) >= 11 is 5.53. The van der Waals surface area contributed by atoms with E-state index in [-0.39, 0.29) is 5.75 Å². The minimum atomic E-state index is -4.02. The van der Waals surface area contributed by atoms with Crippen molar-refractivity contribution in [2.24, 2.45) is 0 Å². The summed E-state index contributed by atoms with van der Waals surface area (Å²) in [5.41, 5.74) is 2.32. The van der Waals surface area contributed by atoms with Crippen LogP contribution in [0.15, 0.2) is 30.3 Å². The Morgan fingerprint density at radius 2 is 2.00 bits per heavy atom. The van der Waals surface area contributed by atoms with Crippen LogP contribution in [0.1, 0.15) is 6.92 Å². The first-order valence-electron chi connectivity index (χ1n) is 5.01. The maximum Gasteiger partial charge on any atom is 0.532 e. The van der Waals surface area contributed by atoms with Gasteiger partial charge >= 0.3 is 12.9 Å². The molecule has 0 amide bonds. The molecule has 0 saturated heterocycles. The lowest BCUT2D eigenvalue weighted by molar-refractivity contribution is -0.139. The van der Waals surface area contributed by atoms with Crippen molar-refractivity contribution in [3.63, 3.8) is 0 Å². The second-order valence-corrected chi connectivity index (χ2v) is 5.76. The van der Waals surface area contributed by atoms with E-state index in [4.69, 9.17) is 15.8 Å². The number of halogens is 1. The molecule has 0 bridgehead atoms. The molecule has 1 rings (SSSR count). The zero-order chi connectivity index (χ0) is 13.6. The Balaban J connectivity index is 2.60. The van der Waals surface area contributed by atoms with Crippen LogP contribution in [-0.4, -0.2) is 19.1 Å². The normalized spacial score (nSPS) is 15.5. The zero-order valence-electron chi connectivity index (χ0n) is 9.83. The summed E-state index contributed by atoms with van der Waals surface area (Å²) < 4.78 is 21.2. The molecule has 1 aromatic carbocycles. The largest absolute Gasteiger partial charge is 0.532 e. The number of carbonyl (C=O) groups is 1. The van der Waals surface area contributed by atoms with Crippen molar-refractivity contribution in [1.82, 2.24) is 5.48 Å². The van der Waals surface area contributed by atoms with Gasteiger partial charge in [0.05, 0.1) is 7.11 Å². The summed E-state index contributed by atoms with van der Waals surface area (Å²) in [4.78, 5) is 16.0. The van der Waals surface area contributed by atoms with E-state index in [1.807, 2.05) is 0 Å². The predicted octanol–water partition coefficient (Wildman–Crippen LogP) is 2.50. The van der Waals surface area contributed by atoms with Crippen LogP contribution >= 0.6 is 18.2 Å². The second kappa shape index (κ2) is 6.75. The third kappa shape index (κ3) is 5.06. The summed E-state index contributed by atoms with van der Waals surface area (Å²) in [5.74, 6) is -0.595. The molecule has 0 fully saturated rings. The maximum absolute atomic E-state index is 11.7. The van der Waals surface area contributed by atoms with E-state index >= 15 is 0 Å². The van der Waals surface area contributed by atoms with Gasteiger partial charge in [0.1, 0.15) is 11.8 Å². The third-order valence-corrected chi connectivity index (χ3v) is 3.05. The first-order chi connectivity index (χ1) is 8.44. The monoisotopic (exact) mass is 293 g/mol. The highest BCUT2D eigenvalue weighted by molar-refractivity contribution is 7.82. The summed E-state index contributed by atoms with van der Waals surface area (Å²) in [5, 5.41) is 0. The maximum atomic E-state index is 11.7. The fourth-order valence-corrected chi connectivity index (χ4v) is 2.26. The van der Waals surface area contributed by atoms with Crippen molar-refractivity contribution >= 4 is 24.2 Å². The fraction of sp³-hybridized carbons (Fsp3) is 0.300. The van der Waals surface area contributed by atoms with Gasteiger partial charge in [0.2, 0.25) is 0 Å². The molecule has 0 heterocycles. The highest BCUT2D eigenvalue weighted by Gasteiger charge is 2.30. The van der Waals surface area contributed by atoms with Crippen molar-refractivity contribution in [2.45, 2.75) is 13.0 Å². The molecule has 0 aromatic heterocycles. The Bertz CT molecular complexity index is 441. The Kier molecular flexibility index (Phi) is 5.62. The van der Waals surface area contributed by atoms with E-state index in [9.17, 15) is 9.36 Å². The number of nitrogens with one attached hydrogen (secondary N) is 1. The first kappa shape index (κ1) is 15.0. The van der Waals surface area contributed by atoms with Gasteiger partial charge in [0.25, 0.3) is 0 Å². The van der Waals surface area contributed by atoms with Gasteiger partial charge in [-0.3, -0.25) is 0 Å². The molecule has 0 aliphatic heterocycles. The van der Waals surface area contributed by atoms with Gasteiger partial charge in [-0.05, 0) is 19.1 Å². The Hall–Kier alpha value is -1.07. The van der Waals surface area contributed by atoms with E-state index in [2.05, 4.69) is 14.8 Å². The lowest BCUT2D eigenvalue weighted by Crippen LogP contribution is -2.33. The molecule has 0 aliphatic carbocycles. The molecule has 100 valence electrons. The minimum Gasteiger partial charge on any atom is -0.405 e. The standard InChI is InChI=1S/C10H13ClNO5P/c1-8(12-15-2)10(13)17-18(11,14)16-9-6-4-3-5-7-9/h3-8,12H,1-2H3/t8-,18?/m0/s1. The van der Waals surface area contributed by atoms with Gasteiger partial charge in [0, 0.05) is 11.2 Å². The van der Waals surface area contributed by atoms with Crippen LogP contribution in [0.5, 0.6) is 5.75 Å². The smallest absolute Gasteiger partial charge is 0.405 e. The molecule has 18 heavy (non-hydrogen) atoms. The highest BCUT2D eigenvalue weighted by atomic mass is 35.7. The number of para-hydroxylation sites is 1. The molecule has 0 radical (unpaired) electrons. The second-order valence-electron chi connectivity index (χ2n) is 3.29. The summed E-state index contributed by atoms with van der Waals surface area (Å²) in [6.45, 7) is -2.56.